The number of carbonyl (C=O) groups excluding carboxylic acids is 2. The molecular weight excluding hydrogens is 268 g/mol. The van der Waals surface area contributed by atoms with Crippen molar-refractivity contribution in [3.63, 3.8) is 0 Å². The fourth-order valence-corrected chi connectivity index (χ4v) is 2.90. The highest BCUT2D eigenvalue weighted by molar-refractivity contribution is 6.22. The number of hydrogen-bond donors (Lipinski definition) is 0. The molecule has 2 heterocycles. The van der Waals surface area contributed by atoms with Crippen molar-refractivity contribution in [3.8, 4) is 0 Å². The van der Waals surface area contributed by atoms with Crippen LogP contribution < -0.4 is 0 Å². The molecule has 2 aliphatic rings. The van der Waals surface area contributed by atoms with Gasteiger partial charge in [-0.05, 0) is 33.0 Å². The Morgan fingerprint density at radius 1 is 1.14 bits per heavy atom. The summed E-state index contributed by atoms with van der Waals surface area (Å²) >= 11 is 0. The van der Waals surface area contributed by atoms with E-state index in [0.29, 0.717) is 5.70 Å². The molecule has 0 saturated carbocycles. The number of aromatic nitrogens is 2. The zero-order valence-electron chi connectivity index (χ0n) is 12.2. The van der Waals surface area contributed by atoms with Crippen molar-refractivity contribution in [2.24, 2.45) is 0 Å². The number of fused-ring (bicyclic) bond motifs is 1. The first-order chi connectivity index (χ1) is 10.1. The number of hydrogen-bond acceptors (Lipinski definition) is 6. The van der Waals surface area contributed by atoms with Crippen LogP contribution in [0.2, 0.25) is 0 Å². The standard InChI is InChI=1S/C15H18N4O2/c1-18-7-3-10(4-8-18)19(2)11-9-12(20)13-14(15(11)21)17-6-5-16-13/h5-6,9-10H,3-4,7-8H2,1-2H3. The number of likely N-dealkylation sites (N-methyl/N-ethyl adjacent to an activating group) is 1. The molecule has 1 fully saturated rings. The minimum absolute atomic E-state index is 0.156. The van der Waals surface area contributed by atoms with Crippen molar-refractivity contribution in [2.45, 2.75) is 18.9 Å². The van der Waals surface area contributed by atoms with Gasteiger partial charge < -0.3 is 9.80 Å². The van der Waals surface area contributed by atoms with E-state index >= 15 is 0 Å². The van der Waals surface area contributed by atoms with Gasteiger partial charge in [0.05, 0.1) is 5.70 Å². The molecule has 0 radical (unpaired) electrons. The Morgan fingerprint density at radius 2 is 1.76 bits per heavy atom. The summed E-state index contributed by atoms with van der Waals surface area (Å²) in [6, 6.07) is 0.280. The lowest BCUT2D eigenvalue weighted by Gasteiger charge is -2.37. The van der Waals surface area contributed by atoms with E-state index in [4.69, 9.17) is 0 Å². The van der Waals surface area contributed by atoms with Crippen molar-refractivity contribution in [3.05, 3.63) is 35.6 Å². The lowest BCUT2D eigenvalue weighted by atomic mass is 9.97. The molecule has 1 aliphatic carbocycles. The lowest BCUT2D eigenvalue weighted by Crippen LogP contribution is -2.43. The second-order valence-corrected chi connectivity index (χ2v) is 5.62. The molecule has 1 aromatic rings. The lowest BCUT2D eigenvalue weighted by molar-refractivity contribution is 0.0916. The molecule has 0 bridgehead atoms. The van der Waals surface area contributed by atoms with Gasteiger partial charge in [-0.3, -0.25) is 9.59 Å². The molecule has 6 heteroatoms. The maximum Gasteiger partial charge on any atom is 0.229 e. The van der Waals surface area contributed by atoms with Crippen molar-refractivity contribution in [1.82, 2.24) is 19.8 Å². The summed E-state index contributed by atoms with van der Waals surface area (Å²) in [5.41, 5.74) is 0.755. The first-order valence-electron chi connectivity index (χ1n) is 7.11. The highest BCUT2D eigenvalue weighted by atomic mass is 16.1. The predicted molar refractivity (Wildman–Crippen MR) is 77.1 cm³/mol. The van der Waals surface area contributed by atoms with Gasteiger partial charge in [-0.2, -0.15) is 0 Å². The summed E-state index contributed by atoms with van der Waals surface area (Å²) in [6.07, 6.45) is 6.25. The minimum atomic E-state index is -0.243. The Morgan fingerprint density at radius 3 is 2.43 bits per heavy atom. The van der Waals surface area contributed by atoms with Gasteiger partial charge in [-0.1, -0.05) is 0 Å². The Labute approximate surface area is 123 Å². The topological polar surface area (TPSA) is 66.4 Å². The van der Waals surface area contributed by atoms with Gasteiger partial charge >= 0.3 is 0 Å². The SMILES string of the molecule is CN1CCC(N(C)C2=CC(=O)c3nccnc3C2=O)CC1. The number of ketones is 2. The van der Waals surface area contributed by atoms with E-state index in [0.717, 1.165) is 25.9 Å². The van der Waals surface area contributed by atoms with Crippen LogP contribution in [0.15, 0.2) is 24.2 Å². The molecule has 1 saturated heterocycles. The van der Waals surface area contributed by atoms with Crippen LogP contribution in [0.5, 0.6) is 0 Å². The average Bonchev–Trinajstić information content (AvgIpc) is 2.51. The Kier molecular flexibility index (Phi) is 3.55. The van der Waals surface area contributed by atoms with Gasteiger partial charge in [0, 0.05) is 31.6 Å². The van der Waals surface area contributed by atoms with Gasteiger partial charge in [0.15, 0.2) is 0 Å². The summed E-state index contributed by atoms with van der Waals surface area (Å²) in [4.78, 5) is 36.9. The first kappa shape index (κ1) is 13.9. The van der Waals surface area contributed by atoms with E-state index < -0.39 is 0 Å². The molecule has 0 aromatic carbocycles. The predicted octanol–water partition coefficient (Wildman–Crippen LogP) is 0.765. The second-order valence-electron chi connectivity index (χ2n) is 5.62. The van der Waals surface area contributed by atoms with Gasteiger partial charge in [-0.15, -0.1) is 0 Å². The van der Waals surface area contributed by atoms with Crippen molar-refractivity contribution in [2.75, 3.05) is 27.2 Å². The number of nitrogens with zero attached hydrogens (tertiary/aromatic N) is 4. The monoisotopic (exact) mass is 286 g/mol. The maximum atomic E-state index is 12.5. The molecule has 21 heavy (non-hydrogen) atoms. The van der Waals surface area contributed by atoms with E-state index in [1.54, 1.807) is 0 Å². The number of carbonyl (C=O) groups is 2. The molecule has 3 rings (SSSR count). The van der Waals surface area contributed by atoms with E-state index in [2.05, 4.69) is 21.9 Å². The highest BCUT2D eigenvalue weighted by Gasteiger charge is 2.33. The Balaban J connectivity index is 1.86. The Hall–Kier alpha value is -2.08. The molecule has 0 spiro atoms. The van der Waals surface area contributed by atoms with Crippen LogP contribution >= 0.6 is 0 Å². The van der Waals surface area contributed by atoms with Crippen molar-refractivity contribution >= 4 is 11.6 Å². The van der Waals surface area contributed by atoms with Gasteiger partial charge in [0.2, 0.25) is 11.6 Å². The van der Waals surface area contributed by atoms with Crippen LogP contribution in [0, 0.1) is 0 Å². The van der Waals surface area contributed by atoms with Crippen molar-refractivity contribution < 1.29 is 9.59 Å². The third-order valence-corrected chi connectivity index (χ3v) is 4.26. The maximum absolute atomic E-state index is 12.5. The average molecular weight is 286 g/mol. The van der Waals surface area contributed by atoms with Crippen LogP contribution in [0.3, 0.4) is 0 Å². The third-order valence-electron chi connectivity index (χ3n) is 4.26. The summed E-state index contributed by atoms with van der Waals surface area (Å²) in [5, 5.41) is 0. The first-order valence-corrected chi connectivity index (χ1v) is 7.11. The van der Waals surface area contributed by atoms with E-state index in [9.17, 15) is 9.59 Å². The van der Waals surface area contributed by atoms with Crippen LogP contribution in [0.4, 0.5) is 0 Å². The fraction of sp³-hybridized carbons (Fsp3) is 0.467. The molecule has 1 aliphatic heterocycles. The van der Waals surface area contributed by atoms with E-state index in [-0.39, 0.29) is 29.0 Å². The molecule has 110 valence electrons. The van der Waals surface area contributed by atoms with Crippen molar-refractivity contribution in [1.29, 1.82) is 0 Å². The van der Waals surface area contributed by atoms with Crippen LogP contribution in [0.1, 0.15) is 33.8 Å². The number of piperidine rings is 1. The molecule has 6 nitrogen and oxygen atoms in total. The normalized spacial score (nSPS) is 20.2. The molecule has 1 aromatic heterocycles. The number of likely N-dealkylation sites (tertiary alicyclic amines) is 1. The minimum Gasteiger partial charge on any atom is -0.368 e. The highest BCUT2D eigenvalue weighted by Crippen LogP contribution is 2.24. The van der Waals surface area contributed by atoms with Crippen LogP contribution in [-0.4, -0.2) is 64.6 Å². The van der Waals surface area contributed by atoms with Crippen LogP contribution in [0.25, 0.3) is 0 Å². The molecular formula is C15H18N4O2. The Bertz CT molecular complexity index is 618. The van der Waals surface area contributed by atoms with Gasteiger partial charge in [0.1, 0.15) is 11.4 Å². The molecule has 0 atom stereocenters. The van der Waals surface area contributed by atoms with E-state index in [1.165, 1.54) is 18.5 Å². The number of rotatable bonds is 2. The number of Topliss-reactive ketones (excluding diaryl/α,β-unsaturated/α-hetero) is 1. The van der Waals surface area contributed by atoms with E-state index in [1.807, 2.05) is 11.9 Å². The summed E-state index contributed by atoms with van der Waals surface area (Å²) in [7, 11) is 3.98. The van der Waals surface area contributed by atoms with Gasteiger partial charge in [0.25, 0.3) is 0 Å². The zero-order chi connectivity index (χ0) is 15.0. The second kappa shape index (κ2) is 5.37. The molecule has 0 N–H and O–H groups in total. The number of allylic oxidation sites excluding steroid dienone is 2. The largest absolute Gasteiger partial charge is 0.368 e. The molecule has 0 amide bonds. The fourth-order valence-electron chi connectivity index (χ4n) is 2.90. The zero-order valence-corrected chi connectivity index (χ0v) is 12.2. The summed E-state index contributed by atoms with van der Waals surface area (Å²) in [5.74, 6) is -0.452. The third kappa shape index (κ3) is 2.47. The van der Waals surface area contributed by atoms with Gasteiger partial charge in [-0.25, -0.2) is 9.97 Å². The summed E-state index contributed by atoms with van der Waals surface area (Å²) in [6.45, 7) is 2.00. The van der Waals surface area contributed by atoms with Crippen LogP contribution in [-0.2, 0) is 0 Å². The quantitative estimate of drug-likeness (QED) is 0.800. The molecule has 0 unspecified atom stereocenters. The smallest absolute Gasteiger partial charge is 0.229 e. The summed E-state index contributed by atoms with van der Waals surface area (Å²) < 4.78 is 0.